The fourth-order valence-electron chi connectivity index (χ4n) is 3.15. The van der Waals surface area contributed by atoms with Gasteiger partial charge in [-0.3, -0.25) is 9.00 Å². The summed E-state index contributed by atoms with van der Waals surface area (Å²) >= 11 is 0. The SMILES string of the molecule is COc1ccc(CS(=O)c2nc(N(C)C)ccc2C(=O)Nc2ccnc(N(C)C)c2)c(OC)c1. The second-order valence-corrected chi connectivity index (χ2v) is 9.20. The molecule has 0 radical (unpaired) electrons. The summed E-state index contributed by atoms with van der Waals surface area (Å²) in [5.41, 5.74) is 1.53. The summed E-state index contributed by atoms with van der Waals surface area (Å²) in [7, 11) is 8.89. The number of rotatable bonds is 9. The largest absolute Gasteiger partial charge is 0.497 e. The van der Waals surface area contributed by atoms with Crippen LogP contribution in [0.2, 0.25) is 0 Å². The van der Waals surface area contributed by atoms with E-state index in [9.17, 15) is 9.00 Å². The van der Waals surface area contributed by atoms with Gasteiger partial charge in [-0.05, 0) is 24.3 Å². The zero-order chi connectivity index (χ0) is 24.8. The van der Waals surface area contributed by atoms with Gasteiger partial charge in [0.25, 0.3) is 5.91 Å². The number of carbonyl (C=O) groups is 1. The number of anilines is 3. The van der Waals surface area contributed by atoms with Crippen LogP contribution in [0, 0.1) is 0 Å². The molecule has 1 amide bonds. The first-order valence-corrected chi connectivity index (χ1v) is 11.8. The molecule has 3 rings (SSSR count). The first-order valence-electron chi connectivity index (χ1n) is 10.5. The van der Waals surface area contributed by atoms with Crippen molar-refractivity contribution in [2.75, 3.05) is 57.5 Å². The number of methoxy groups -OCH3 is 2. The van der Waals surface area contributed by atoms with Crippen molar-refractivity contribution in [3.63, 3.8) is 0 Å². The number of aromatic nitrogens is 2. The normalized spacial score (nSPS) is 11.5. The van der Waals surface area contributed by atoms with E-state index in [-0.39, 0.29) is 16.3 Å². The first-order chi connectivity index (χ1) is 16.2. The molecule has 0 saturated carbocycles. The number of nitrogens with one attached hydrogen (secondary N) is 1. The van der Waals surface area contributed by atoms with Crippen LogP contribution in [-0.4, -0.2) is 62.5 Å². The Hall–Kier alpha value is -3.66. The average molecular weight is 484 g/mol. The lowest BCUT2D eigenvalue weighted by molar-refractivity contribution is 0.102. The Morgan fingerprint density at radius 2 is 1.71 bits per heavy atom. The lowest BCUT2D eigenvalue weighted by Crippen LogP contribution is -2.19. The second-order valence-electron chi connectivity index (χ2n) is 7.84. The van der Waals surface area contributed by atoms with Crippen LogP contribution in [0.15, 0.2) is 53.7 Å². The topological polar surface area (TPSA) is 96.9 Å². The third-order valence-corrected chi connectivity index (χ3v) is 6.32. The Morgan fingerprint density at radius 1 is 0.971 bits per heavy atom. The van der Waals surface area contributed by atoms with Gasteiger partial charge in [0.2, 0.25) is 0 Å². The predicted molar refractivity (Wildman–Crippen MR) is 135 cm³/mol. The van der Waals surface area contributed by atoms with E-state index in [0.29, 0.717) is 28.8 Å². The molecular formula is C24H29N5O4S. The zero-order valence-corrected chi connectivity index (χ0v) is 21.0. The number of amides is 1. The summed E-state index contributed by atoms with van der Waals surface area (Å²) in [5.74, 6) is 2.20. The Kier molecular flexibility index (Phi) is 8.06. The Bertz CT molecular complexity index is 1200. The average Bonchev–Trinajstić information content (AvgIpc) is 2.83. The molecule has 1 unspecified atom stereocenters. The minimum Gasteiger partial charge on any atom is -0.497 e. The van der Waals surface area contributed by atoms with E-state index < -0.39 is 16.7 Å². The molecule has 1 aromatic carbocycles. The Balaban J connectivity index is 1.95. The maximum absolute atomic E-state index is 13.5. The standard InChI is InChI=1S/C24H29N5O4S/c1-28(2)21-10-9-19(23(30)26-17-11-12-25-22(13-17)29(3)4)24(27-21)34(31)15-16-7-8-18(32-5)14-20(16)33-6/h7-14H,15H2,1-6H3,(H,25,26,30). The summed E-state index contributed by atoms with van der Waals surface area (Å²) < 4.78 is 24.2. The van der Waals surface area contributed by atoms with Crippen LogP contribution >= 0.6 is 0 Å². The molecule has 0 saturated heterocycles. The van der Waals surface area contributed by atoms with Crippen LogP contribution in [0.3, 0.4) is 0 Å². The highest BCUT2D eigenvalue weighted by Crippen LogP contribution is 2.28. The first kappa shape index (κ1) is 25.0. The molecule has 0 aliphatic carbocycles. The van der Waals surface area contributed by atoms with Gasteiger partial charge in [-0.15, -0.1) is 0 Å². The van der Waals surface area contributed by atoms with Crippen molar-refractivity contribution in [2.45, 2.75) is 10.8 Å². The van der Waals surface area contributed by atoms with Gasteiger partial charge in [-0.25, -0.2) is 9.97 Å². The molecule has 180 valence electrons. The van der Waals surface area contributed by atoms with Crippen molar-refractivity contribution in [1.82, 2.24) is 9.97 Å². The molecule has 0 fully saturated rings. The van der Waals surface area contributed by atoms with Gasteiger partial charge in [-0.1, -0.05) is 6.07 Å². The number of ether oxygens (including phenoxy) is 2. The predicted octanol–water partition coefficient (Wildman–Crippen LogP) is 3.19. The van der Waals surface area contributed by atoms with Crippen molar-refractivity contribution >= 4 is 34.0 Å². The Labute approximate surface area is 202 Å². The van der Waals surface area contributed by atoms with Gasteiger partial charge in [0, 0.05) is 57.8 Å². The maximum Gasteiger partial charge on any atom is 0.258 e. The number of hydrogen-bond donors (Lipinski definition) is 1. The minimum atomic E-state index is -1.62. The van der Waals surface area contributed by atoms with E-state index in [1.54, 1.807) is 67.8 Å². The molecule has 2 heterocycles. The molecule has 2 aromatic heterocycles. The highest BCUT2D eigenvalue weighted by atomic mass is 32.2. The number of carbonyl (C=O) groups excluding carboxylic acids is 1. The minimum absolute atomic E-state index is 0.122. The number of hydrogen-bond acceptors (Lipinski definition) is 8. The van der Waals surface area contributed by atoms with E-state index in [2.05, 4.69) is 15.3 Å². The third kappa shape index (κ3) is 5.82. The van der Waals surface area contributed by atoms with Gasteiger partial charge in [-0.2, -0.15) is 0 Å². The molecule has 0 spiro atoms. The highest BCUT2D eigenvalue weighted by molar-refractivity contribution is 7.84. The van der Waals surface area contributed by atoms with E-state index in [0.717, 1.165) is 5.56 Å². The summed E-state index contributed by atoms with van der Waals surface area (Å²) in [4.78, 5) is 25.6. The van der Waals surface area contributed by atoms with Gasteiger partial charge in [0.1, 0.15) is 28.2 Å². The number of nitrogens with zero attached hydrogens (tertiary/aromatic N) is 4. The van der Waals surface area contributed by atoms with Crippen molar-refractivity contribution in [2.24, 2.45) is 0 Å². The third-order valence-electron chi connectivity index (χ3n) is 5.01. The van der Waals surface area contributed by atoms with Crippen LogP contribution in [-0.2, 0) is 16.6 Å². The molecular weight excluding hydrogens is 454 g/mol. The summed E-state index contributed by atoms with van der Waals surface area (Å²) in [5, 5.41) is 3.06. The summed E-state index contributed by atoms with van der Waals surface area (Å²) in [6, 6.07) is 12.1. The van der Waals surface area contributed by atoms with Gasteiger partial charge in [0.15, 0.2) is 0 Å². The lowest BCUT2D eigenvalue weighted by Gasteiger charge is -2.16. The van der Waals surface area contributed by atoms with E-state index in [1.807, 2.05) is 33.1 Å². The molecule has 1 atom stereocenters. The monoisotopic (exact) mass is 483 g/mol. The number of pyridine rings is 2. The molecule has 34 heavy (non-hydrogen) atoms. The smallest absolute Gasteiger partial charge is 0.258 e. The highest BCUT2D eigenvalue weighted by Gasteiger charge is 2.21. The lowest BCUT2D eigenvalue weighted by atomic mass is 10.2. The van der Waals surface area contributed by atoms with Crippen LogP contribution in [0.4, 0.5) is 17.3 Å². The number of benzene rings is 1. The van der Waals surface area contributed by atoms with Gasteiger partial charge >= 0.3 is 0 Å². The van der Waals surface area contributed by atoms with Crippen molar-refractivity contribution in [3.05, 3.63) is 59.8 Å². The van der Waals surface area contributed by atoms with Crippen LogP contribution in [0.25, 0.3) is 0 Å². The fourth-order valence-corrected chi connectivity index (χ4v) is 4.41. The molecule has 9 nitrogen and oxygen atoms in total. The molecule has 3 aromatic rings. The van der Waals surface area contributed by atoms with Gasteiger partial charge in [0.05, 0.1) is 36.3 Å². The quantitative estimate of drug-likeness (QED) is 0.496. The summed E-state index contributed by atoms with van der Waals surface area (Å²) in [6.07, 6.45) is 1.62. The second kappa shape index (κ2) is 11.0. The van der Waals surface area contributed by atoms with Crippen molar-refractivity contribution in [1.29, 1.82) is 0 Å². The zero-order valence-electron chi connectivity index (χ0n) is 20.2. The Morgan fingerprint density at radius 3 is 2.35 bits per heavy atom. The summed E-state index contributed by atoms with van der Waals surface area (Å²) in [6.45, 7) is 0. The maximum atomic E-state index is 13.5. The molecule has 0 aliphatic heterocycles. The van der Waals surface area contributed by atoms with Crippen LogP contribution < -0.4 is 24.6 Å². The van der Waals surface area contributed by atoms with Crippen LogP contribution in [0.1, 0.15) is 15.9 Å². The molecule has 1 N–H and O–H groups in total. The molecule has 0 bridgehead atoms. The van der Waals surface area contributed by atoms with E-state index in [4.69, 9.17) is 9.47 Å². The van der Waals surface area contributed by atoms with Crippen molar-refractivity contribution < 1.29 is 18.5 Å². The molecule has 10 heteroatoms. The van der Waals surface area contributed by atoms with E-state index in [1.165, 1.54) is 0 Å². The van der Waals surface area contributed by atoms with Crippen LogP contribution in [0.5, 0.6) is 11.5 Å². The molecule has 0 aliphatic rings. The van der Waals surface area contributed by atoms with Crippen molar-refractivity contribution in [3.8, 4) is 11.5 Å². The fraction of sp³-hybridized carbons (Fsp3) is 0.292. The van der Waals surface area contributed by atoms with Gasteiger partial charge < -0.3 is 24.6 Å². The van der Waals surface area contributed by atoms with E-state index >= 15 is 0 Å².